The average Bonchev–Trinajstić information content (AvgIpc) is 2.25. The van der Waals surface area contributed by atoms with Crippen molar-refractivity contribution in [1.82, 2.24) is 5.32 Å². The minimum absolute atomic E-state index is 0.0190. The Hall–Kier alpha value is -0.960. The zero-order valence-electron chi connectivity index (χ0n) is 10.9. The maximum absolute atomic E-state index is 11.9. The maximum Gasteiger partial charge on any atom is 0.251 e. The number of rotatable bonds is 3. The molecule has 0 aliphatic heterocycles. The molecule has 0 spiro atoms. The molecule has 3 heteroatoms. The van der Waals surface area contributed by atoms with Gasteiger partial charge in [0.1, 0.15) is 0 Å². The van der Waals surface area contributed by atoms with E-state index >= 15 is 0 Å². The fourth-order valence-electron chi connectivity index (χ4n) is 1.27. The van der Waals surface area contributed by atoms with Crippen LogP contribution in [0.1, 0.15) is 38.1 Å². The van der Waals surface area contributed by atoms with Crippen molar-refractivity contribution in [1.29, 1.82) is 0 Å². The average molecular weight is 251 g/mol. The predicted molar refractivity (Wildman–Crippen MR) is 74.6 cm³/mol. The normalized spacial score (nSPS) is 13.2. The van der Waals surface area contributed by atoms with Gasteiger partial charge in [-0.2, -0.15) is 0 Å². The van der Waals surface area contributed by atoms with Crippen LogP contribution in [-0.2, 0) is 0 Å². The molecule has 0 saturated carbocycles. The second-order valence-corrected chi connectivity index (χ2v) is 6.04. The molecule has 17 heavy (non-hydrogen) atoms. The van der Waals surface area contributed by atoms with Crippen LogP contribution < -0.4 is 5.32 Å². The highest BCUT2D eigenvalue weighted by atomic mass is 32.1. The van der Waals surface area contributed by atoms with Crippen molar-refractivity contribution in [2.45, 2.75) is 32.6 Å². The second kappa shape index (κ2) is 5.58. The van der Waals surface area contributed by atoms with Crippen molar-refractivity contribution in [3.8, 4) is 0 Å². The molecule has 94 valence electrons. The first-order valence-electron chi connectivity index (χ1n) is 5.88. The molecule has 0 aliphatic carbocycles. The van der Waals surface area contributed by atoms with E-state index in [1.807, 2.05) is 12.1 Å². The van der Waals surface area contributed by atoms with E-state index in [4.69, 9.17) is 0 Å². The third-order valence-electron chi connectivity index (χ3n) is 3.18. The molecule has 2 nitrogen and oxygen atoms in total. The van der Waals surface area contributed by atoms with E-state index in [1.54, 1.807) is 12.1 Å². The molecule has 0 bridgehead atoms. The van der Waals surface area contributed by atoms with Crippen molar-refractivity contribution in [2.75, 3.05) is 6.54 Å². The van der Waals surface area contributed by atoms with E-state index in [0.29, 0.717) is 18.0 Å². The number of benzene rings is 1. The lowest BCUT2D eigenvalue weighted by Crippen LogP contribution is -2.33. The summed E-state index contributed by atoms with van der Waals surface area (Å²) in [6.07, 6.45) is 0. The van der Waals surface area contributed by atoms with Crippen LogP contribution in [0, 0.1) is 11.3 Å². The maximum atomic E-state index is 11.9. The van der Waals surface area contributed by atoms with Gasteiger partial charge in [-0.05, 0) is 35.6 Å². The summed E-state index contributed by atoms with van der Waals surface area (Å²) in [5, 5.41) is 2.96. The standard InChI is InChI=1S/C14H21NOS/c1-10(14(2,3)4)9-15-13(16)11-5-7-12(17)8-6-11/h5-8,10,17H,9H2,1-4H3,(H,15,16). The summed E-state index contributed by atoms with van der Waals surface area (Å²) < 4.78 is 0. The number of carbonyl (C=O) groups excluding carboxylic acids is 1. The molecule has 1 rings (SSSR count). The Morgan fingerprint density at radius 3 is 2.29 bits per heavy atom. The topological polar surface area (TPSA) is 29.1 Å². The van der Waals surface area contributed by atoms with Crippen molar-refractivity contribution in [3.63, 3.8) is 0 Å². The molecule has 1 amide bonds. The van der Waals surface area contributed by atoms with Gasteiger partial charge in [-0.25, -0.2) is 0 Å². The fraction of sp³-hybridized carbons (Fsp3) is 0.500. The summed E-state index contributed by atoms with van der Waals surface area (Å²) in [5.41, 5.74) is 0.895. The molecule has 0 saturated heterocycles. The lowest BCUT2D eigenvalue weighted by Gasteiger charge is -2.27. The van der Waals surface area contributed by atoms with E-state index in [9.17, 15) is 4.79 Å². The molecule has 0 aromatic heterocycles. The van der Waals surface area contributed by atoms with Crippen LogP contribution in [0.5, 0.6) is 0 Å². The van der Waals surface area contributed by atoms with Gasteiger partial charge in [0.25, 0.3) is 5.91 Å². The lowest BCUT2D eigenvalue weighted by molar-refractivity contribution is 0.0937. The highest BCUT2D eigenvalue weighted by Crippen LogP contribution is 2.24. The van der Waals surface area contributed by atoms with Crippen LogP contribution in [0.15, 0.2) is 29.2 Å². The minimum Gasteiger partial charge on any atom is -0.352 e. The van der Waals surface area contributed by atoms with Crippen molar-refractivity contribution < 1.29 is 4.79 Å². The molecule has 1 unspecified atom stereocenters. The Morgan fingerprint density at radius 1 is 1.29 bits per heavy atom. The first-order chi connectivity index (χ1) is 7.80. The van der Waals surface area contributed by atoms with E-state index < -0.39 is 0 Å². The SMILES string of the molecule is CC(CNC(=O)c1ccc(S)cc1)C(C)(C)C. The van der Waals surface area contributed by atoms with Gasteiger partial charge in [0.2, 0.25) is 0 Å². The van der Waals surface area contributed by atoms with E-state index in [-0.39, 0.29) is 11.3 Å². The second-order valence-electron chi connectivity index (χ2n) is 5.52. The van der Waals surface area contributed by atoms with Gasteiger partial charge in [-0.3, -0.25) is 4.79 Å². The first-order valence-corrected chi connectivity index (χ1v) is 6.32. The molecule has 1 N–H and O–H groups in total. The fourth-order valence-corrected chi connectivity index (χ4v) is 1.42. The number of hydrogen-bond acceptors (Lipinski definition) is 2. The molecule has 1 atom stereocenters. The third kappa shape index (κ3) is 4.43. The van der Waals surface area contributed by atoms with Gasteiger partial charge < -0.3 is 5.32 Å². The third-order valence-corrected chi connectivity index (χ3v) is 3.47. The van der Waals surface area contributed by atoms with E-state index in [2.05, 4.69) is 45.6 Å². The Kier molecular flexibility index (Phi) is 4.63. The zero-order chi connectivity index (χ0) is 13.1. The zero-order valence-corrected chi connectivity index (χ0v) is 11.8. The minimum atomic E-state index is -0.0190. The molecular weight excluding hydrogens is 230 g/mol. The van der Waals surface area contributed by atoms with Crippen LogP contribution >= 0.6 is 12.6 Å². The molecule has 1 aromatic carbocycles. The van der Waals surface area contributed by atoms with Crippen LogP contribution in [0.4, 0.5) is 0 Å². The molecular formula is C14H21NOS. The van der Waals surface area contributed by atoms with Gasteiger partial charge in [-0.15, -0.1) is 12.6 Å². The molecule has 0 heterocycles. The number of thiol groups is 1. The van der Waals surface area contributed by atoms with Crippen LogP contribution in [-0.4, -0.2) is 12.5 Å². The quantitative estimate of drug-likeness (QED) is 0.792. The van der Waals surface area contributed by atoms with Crippen molar-refractivity contribution >= 4 is 18.5 Å². The molecule has 0 fully saturated rings. The monoisotopic (exact) mass is 251 g/mol. The largest absolute Gasteiger partial charge is 0.352 e. The van der Waals surface area contributed by atoms with Crippen LogP contribution in [0.25, 0.3) is 0 Å². The summed E-state index contributed by atoms with van der Waals surface area (Å²) in [5.74, 6) is 0.421. The van der Waals surface area contributed by atoms with Gasteiger partial charge in [0, 0.05) is 17.0 Å². The van der Waals surface area contributed by atoms with Crippen molar-refractivity contribution in [2.24, 2.45) is 11.3 Å². The molecule has 0 radical (unpaired) electrons. The lowest BCUT2D eigenvalue weighted by atomic mass is 9.82. The summed E-state index contributed by atoms with van der Waals surface area (Å²) in [7, 11) is 0. The molecule has 0 aliphatic rings. The Balaban J connectivity index is 2.53. The Labute approximate surface area is 109 Å². The highest BCUT2D eigenvalue weighted by molar-refractivity contribution is 7.80. The summed E-state index contributed by atoms with van der Waals surface area (Å²) in [6.45, 7) is 9.39. The highest BCUT2D eigenvalue weighted by Gasteiger charge is 2.20. The smallest absolute Gasteiger partial charge is 0.251 e. The predicted octanol–water partition coefficient (Wildman–Crippen LogP) is 3.39. The van der Waals surface area contributed by atoms with Gasteiger partial charge in [0.05, 0.1) is 0 Å². The Morgan fingerprint density at radius 2 is 1.82 bits per heavy atom. The van der Waals surface area contributed by atoms with E-state index in [0.717, 1.165) is 4.90 Å². The number of carbonyl (C=O) groups is 1. The Bertz CT molecular complexity index is 378. The van der Waals surface area contributed by atoms with Gasteiger partial charge in [-0.1, -0.05) is 27.7 Å². The number of amides is 1. The van der Waals surface area contributed by atoms with Crippen LogP contribution in [0.3, 0.4) is 0 Å². The summed E-state index contributed by atoms with van der Waals surface area (Å²) in [6, 6.07) is 7.23. The number of hydrogen-bond donors (Lipinski definition) is 2. The summed E-state index contributed by atoms with van der Waals surface area (Å²) >= 11 is 4.19. The van der Waals surface area contributed by atoms with E-state index in [1.165, 1.54) is 0 Å². The van der Waals surface area contributed by atoms with Crippen molar-refractivity contribution in [3.05, 3.63) is 29.8 Å². The van der Waals surface area contributed by atoms with Gasteiger partial charge in [0.15, 0.2) is 0 Å². The van der Waals surface area contributed by atoms with Crippen LogP contribution in [0.2, 0.25) is 0 Å². The number of nitrogens with one attached hydrogen (secondary N) is 1. The first kappa shape index (κ1) is 14.1. The summed E-state index contributed by atoms with van der Waals surface area (Å²) in [4.78, 5) is 12.7. The molecule has 1 aromatic rings. The van der Waals surface area contributed by atoms with Gasteiger partial charge >= 0.3 is 0 Å².